The van der Waals surface area contributed by atoms with Crippen LogP contribution < -0.4 is 0 Å². The molecule has 1 aliphatic rings. The highest BCUT2D eigenvalue weighted by molar-refractivity contribution is 9.10. The van der Waals surface area contributed by atoms with Crippen molar-refractivity contribution in [3.05, 3.63) is 34.3 Å². The lowest BCUT2D eigenvalue weighted by Gasteiger charge is -2.37. The maximum absolute atomic E-state index is 12.3. The third kappa shape index (κ3) is 5.18. The number of hydrogen-bond donors (Lipinski definition) is 1. The lowest BCUT2D eigenvalue weighted by molar-refractivity contribution is 0.0179. The lowest BCUT2D eigenvalue weighted by Crippen LogP contribution is -2.51. The van der Waals surface area contributed by atoms with Crippen molar-refractivity contribution in [1.29, 1.82) is 0 Å². The second-order valence-corrected chi connectivity index (χ2v) is 7.12. The van der Waals surface area contributed by atoms with Crippen LogP contribution in [0.5, 0.6) is 0 Å². The van der Waals surface area contributed by atoms with Crippen molar-refractivity contribution < 1.29 is 9.90 Å². The summed E-state index contributed by atoms with van der Waals surface area (Å²) in [5, 5.41) is 9.85. The van der Waals surface area contributed by atoms with Gasteiger partial charge in [0.2, 0.25) is 0 Å². The smallest absolute Gasteiger partial charge is 0.177 e. The Morgan fingerprint density at radius 3 is 2.33 bits per heavy atom. The second kappa shape index (κ2) is 7.01. The van der Waals surface area contributed by atoms with Gasteiger partial charge >= 0.3 is 0 Å². The van der Waals surface area contributed by atoms with Crippen LogP contribution in [0.4, 0.5) is 0 Å². The average molecular weight is 355 g/mol. The van der Waals surface area contributed by atoms with E-state index >= 15 is 0 Å². The number of halogens is 1. The molecule has 4 nitrogen and oxygen atoms in total. The van der Waals surface area contributed by atoms with Gasteiger partial charge < -0.3 is 5.11 Å². The van der Waals surface area contributed by atoms with E-state index < -0.39 is 5.60 Å². The van der Waals surface area contributed by atoms with Crippen molar-refractivity contribution in [3.63, 3.8) is 0 Å². The van der Waals surface area contributed by atoms with Crippen molar-refractivity contribution in [2.45, 2.75) is 19.4 Å². The molecule has 1 saturated heterocycles. The highest BCUT2D eigenvalue weighted by Crippen LogP contribution is 2.17. The molecule has 0 aromatic heterocycles. The molecule has 5 heteroatoms. The molecule has 0 unspecified atom stereocenters. The zero-order valence-corrected chi connectivity index (χ0v) is 14.3. The summed E-state index contributed by atoms with van der Waals surface area (Å²) < 4.78 is 0.857. The Kier molecular flexibility index (Phi) is 5.54. The van der Waals surface area contributed by atoms with E-state index in [1.807, 2.05) is 38.1 Å². The zero-order valence-electron chi connectivity index (χ0n) is 12.7. The minimum absolute atomic E-state index is 0.151. The molecule has 0 aliphatic carbocycles. The normalized spacial score (nSPS) is 17.9. The Labute approximate surface area is 134 Å². The summed E-state index contributed by atoms with van der Waals surface area (Å²) in [6.45, 7) is 8.32. The maximum atomic E-state index is 12.3. The highest BCUT2D eigenvalue weighted by Gasteiger charge is 2.24. The molecule has 0 atom stereocenters. The lowest BCUT2D eigenvalue weighted by atomic mass is 10.1. The number of Topliss-reactive ketones (excluding diaryl/α,β-unsaturated/α-hetero) is 1. The van der Waals surface area contributed by atoms with Crippen LogP contribution in [-0.2, 0) is 0 Å². The summed E-state index contributed by atoms with van der Waals surface area (Å²) in [6.07, 6.45) is 0. The Hall–Kier alpha value is -0.750. The molecule has 1 aliphatic heterocycles. The average Bonchev–Trinajstić information content (AvgIpc) is 2.40. The van der Waals surface area contributed by atoms with E-state index in [0.717, 1.165) is 36.2 Å². The van der Waals surface area contributed by atoms with Crippen LogP contribution in [0.2, 0.25) is 0 Å². The van der Waals surface area contributed by atoms with Gasteiger partial charge in [-0.3, -0.25) is 14.6 Å². The molecule has 1 aromatic rings. The largest absolute Gasteiger partial charge is 0.389 e. The van der Waals surface area contributed by atoms with Crippen molar-refractivity contribution >= 4 is 21.7 Å². The summed E-state index contributed by atoms with van der Waals surface area (Å²) in [4.78, 5) is 16.8. The van der Waals surface area contributed by atoms with Crippen molar-refractivity contribution in [2.24, 2.45) is 0 Å². The quantitative estimate of drug-likeness (QED) is 0.821. The minimum Gasteiger partial charge on any atom is -0.389 e. The third-order valence-electron chi connectivity index (χ3n) is 3.62. The van der Waals surface area contributed by atoms with E-state index in [0.29, 0.717) is 13.1 Å². The molecular formula is C16H23BrN2O2. The predicted molar refractivity (Wildman–Crippen MR) is 87.7 cm³/mol. The van der Waals surface area contributed by atoms with Gasteiger partial charge in [0.15, 0.2) is 5.78 Å². The molecule has 21 heavy (non-hydrogen) atoms. The number of rotatable bonds is 5. The van der Waals surface area contributed by atoms with E-state index in [-0.39, 0.29) is 5.78 Å². The first-order chi connectivity index (χ1) is 9.85. The van der Waals surface area contributed by atoms with Crippen molar-refractivity contribution in [2.75, 3.05) is 39.3 Å². The molecule has 1 heterocycles. The van der Waals surface area contributed by atoms with Crippen molar-refractivity contribution in [1.82, 2.24) is 9.80 Å². The number of piperazine rings is 1. The fourth-order valence-electron chi connectivity index (χ4n) is 2.63. The topological polar surface area (TPSA) is 43.8 Å². The van der Waals surface area contributed by atoms with Crippen LogP contribution in [0, 0.1) is 0 Å². The zero-order chi connectivity index (χ0) is 15.5. The fraction of sp³-hybridized carbons (Fsp3) is 0.562. The second-order valence-electron chi connectivity index (χ2n) is 6.27. The molecule has 0 amide bonds. The highest BCUT2D eigenvalue weighted by atomic mass is 79.9. The first kappa shape index (κ1) is 16.6. The fourth-order valence-corrected chi connectivity index (χ4v) is 3.13. The van der Waals surface area contributed by atoms with Gasteiger partial charge in [-0.1, -0.05) is 34.1 Å². The molecular weight excluding hydrogens is 332 g/mol. The summed E-state index contributed by atoms with van der Waals surface area (Å²) in [6, 6.07) is 7.56. The monoisotopic (exact) mass is 354 g/mol. The van der Waals surface area contributed by atoms with Crippen LogP contribution in [0.15, 0.2) is 28.7 Å². The molecule has 0 saturated carbocycles. The van der Waals surface area contributed by atoms with Crippen LogP contribution in [0.25, 0.3) is 0 Å². The van der Waals surface area contributed by atoms with Gasteiger partial charge in [0, 0.05) is 42.8 Å². The van der Waals surface area contributed by atoms with Crippen molar-refractivity contribution in [3.8, 4) is 0 Å². The number of β-amino-alcohol motifs (C(OH)–C–C–N with tert-alkyl or cyclic N) is 1. The number of carbonyl (C=O) groups excluding carboxylic acids is 1. The number of nitrogens with zero attached hydrogens (tertiary/aromatic N) is 2. The van der Waals surface area contributed by atoms with Gasteiger partial charge in [-0.05, 0) is 19.9 Å². The summed E-state index contributed by atoms with van der Waals surface area (Å²) in [5.41, 5.74) is 0.0869. The van der Waals surface area contributed by atoms with Crippen LogP contribution in [0.1, 0.15) is 24.2 Å². The minimum atomic E-state index is -0.660. The Morgan fingerprint density at radius 1 is 1.19 bits per heavy atom. The summed E-state index contributed by atoms with van der Waals surface area (Å²) in [7, 11) is 0. The molecule has 0 spiro atoms. The molecule has 0 radical (unpaired) electrons. The number of benzene rings is 1. The molecule has 1 aromatic carbocycles. The van der Waals surface area contributed by atoms with Gasteiger partial charge in [-0.2, -0.15) is 0 Å². The number of hydrogen-bond acceptors (Lipinski definition) is 4. The maximum Gasteiger partial charge on any atom is 0.177 e. The van der Waals surface area contributed by atoms with Gasteiger partial charge in [-0.15, -0.1) is 0 Å². The molecule has 0 bridgehead atoms. The van der Waals surface area contributed by atoms with Gasteiger partial charge in [0.25, 0.3) is 0 Å². The van der Waals surface area contributed by atoms with Crippen LogP contribution in [0.3, 0.4) is 0 Å². The van der Waals surface area contributed by atoms with E-state index in [4.69, 9.17) is 0 Å². The third-order valence-corrected chi connectivity index (χ3v) is 4.31. The number of ketones is 1. The Morgan fingerprint density at radius 2 is 1.76 bits per heavy atom. The molecule has 1 fully saturated rings. The first-order valence-corrected chi connectivity index (χ1v) is 8.09. The Bertz CT molecular complexity index is 491. The van der Waals surface area contributed by atoms with E-state index in [1.165, 1.54) is 0 Å². The van der Waals surface area contributed by atoms with Crippen LogP contribution >= 0.6 is 15.9 Å². The predicted octanol–water partition coefficient (Wildman–Crippen LogP) is 2.02. The Balaban J connectivity index is 1.84. The standard InChI is InChI=1S/C16H23BrN2O2/c1-16(2,21)12-19-9-7-18(8-10-19)11-15(20)13-5-3-4-6-14(13)17/h3-6,21H,7-12H2,1-2H3. The number of aliphatic hydroxyl groups is 1. The first-order valence-electron chi connectivity index (χ1n) is 7.30. The van der Waals surface area contributed by atoms with E-state index in [9.17, 15) is 9.90 Å². The summed E-state index contributed by atoms with van der Waals surface area (Å²) in [5.74, 6) is 0.151. The number of carbonyl (C=O) groups is 1. The van der Waals surface area contributed by atoms with E-state index in [1.54, 1.807) is 0 Å². The van der Waals surface area contributed by atoms with E-state index in [2.05, 4.69) is 25.7 Å². The van der Waals surface area contributed by atoms with Crippen LogP contribution in [-0.4, -0.2) is 65.6 Å². The molecule has 1 N–H and O–H groups in total. The summed E-state index contributed by atoms with van der Waals surface area (Å²) >= 11 is 3.43. The molecule has 2 rings (SSSR count). The van der Waals surface area contributed by atoms with Gasteiger partial charge in [-0.25, -0.2) is 0 Å². The van der Waals surface area contributed by atoms with Gasteiger partial charge in [0.1, 0.15) is 0 Å². The SMILES string of the molecule is CC(C)(O)CN1CCN(CC(=O)c2ccccc2Br)CC1. The van der Waals surface area contributed by atoms with Gasteiger partial charge in [0.05, 0.1) is 12.1 Å². The molecule has 116 valence electrons.